The van der Waals surface area contributed by atoms with Gasteiger partial charge in [0.1, 0.15) is 4.32 Å². The van der Waals surface area contributed by atoms with Crippen LogP contribution in [-0.4, -0.2) is 58.8 Å². The molecule has 0 bridgehead atoms. The Morgan fingerprint density at radius 1 is 1.22 bits per heavy atom. The van der Waals surface area contributed by atoms with E-state index >= 15 is 0 Å². The van der Waals surface area contributed by atoms with Gasteiger partial charge in [0, 0.05) is 37.6 Å². The molecule has 1 aliphatic heterocycles. The van der Waals surface area contributed by atoms with Crippen LogP contribution in [0, 0.1) is 0 Å². The quantitative estimate of drug-likeness (QED) is 0.546. The van der Waals surface area contributed by atoms with Gasteiger partial charge in [0.15, 0.2) is 0 Å². The zero-order valence-corrected chi connectivity index (χ0v) is 14.0. The number of fused-ring (bicyclic) bond motifs is 1. The van der Waals surface area contributed by atoms with Crippen LogP contribution >= 0.6 is 30.2 Å². The van der Waals surface area contributed by atoms with Gasteiger partial charge >= 0.3 is 0 Å². The van der Waals surface area contributed by atoms with E-state index in [-0.39, 0.29) is 0 Å². The van der Waals surface area contributed by atoms with E-state index < -0.39 is 6.65 Å². The molecule has 0 aromatic carbocycles. The Kier molecular flexibility index (Phi) is 4.44. The third kappa shape index (κ3) is 2.38. The molecular formula is C11H22N3OPS2. The number of rotatable bonds is 1. The van der Waals surface area contributed by atoms with Crippen LogP contribution in [0.2, 0.25) is 0 Å². The summed E-state index contributed by atoms with van der Waals surface area (Å²) in [4.78, 5) is 1.86. The molecule has 7 heteroatoms. The molecule has 0 spiro atoms. The Hall–Kier alpha value is 0.390. The predicted octanol–water partition coefficient (Wildman–Crippen LogP) is 2.86. The summed E-state index contributed by atoms with van der Waals surface area (Å²) in [5.74, 6) is 0. The van der Waals surface area contributed by atoms with E-state index in [4.69, 9.17) is 12.2 Å². The van der Waals surface area contributed by atoms with E-state index in [1.807, 2.05) is 33.1 Å². The number of hydrogen-bond donors (Lipinski definition) is 0. The summed E-state index contributed by atoms with van der Waals surface area (Å²) < 4.78 is 18.2. The van der Waals surface area contributed by atoms with Crippen LogP contribution in [0.4, 0.5) is 0 Å². The van der Waals surface area contributed by atoms with Crippen LogP contribution in [0.25, 0.3) is 0 Å². The summed E-state index contributed by atoms with van der Waals surface area (Å²) in [6.45, 7) is -2.57. The molecule has 104 valence electrons. The molecule has 1 saturated heterocycles. The van der Waals surface area contributed by atoms with Gasteiger partial charge in [-0.3, -0.25) is 4.57 Å². The molecule has 18 heavy (non-hydrogen) atoms. The van der Waals surface area contributed by atoms with Crippen molar-refractivity contribution in [3.8, 4) is 0 Å². The van der Waals surface area contributed by atoms with Crippen LogP contribution in [-0.2, 0) is 4.57 Å². The van der Waals surface area contributed by atoms with Crippen molar-refractivity contribution in [3.05, 3.63) is 0 Å². The molecule has 2 rings (SSSR count). The third-order valence-corrected chi connectivity index (χ3v) is 10.7. The van der Waals surface area contributed by atoms with Crippen LogP contribution in [0.15, 0.2) is 0 Å². The first-order chi connectivity index (χ1) is 8.38. The summed E-state index contributed by atoms with van der Waals surface area (Å²) in [5.41, 5.74) is 0. The van der Waals surface area contributed by atoms with Crippen molar-refractivity contribution < 1.29 is 4.57 Å². The van der Waals surface area contributed by atoms with E-state index in [2.05, 4.69) is 9.34 Å². The van der Waals surface area contributed by atoms with E-state index in [0.717, 1.165) is 12.8 Å². The van der Waals surface area contributed by atoms with Crippen molar-refractivity contribution in [1.82, 2.24) is 14.2 Å². The summed E-state index contributed by atoms with van der Waals surface area (Å²) in [6, 6.07) is 0.874. The largest absolute Gasteiger partial charge is 0.363 e. The van der Waals surface area contributed by atoms with Gasteiger partial charge in [0.25, 0.3) is 6.65 Å². The van der Waals surface area contributed by atoms with Crippen molar-refractivity contribution in [1.29, 1.82) is 0 Å². The summed E-state index contributed by atoms with van der Waals surface area (Å²) in [6.07, 6.45) is 4.82. The smallest absolute Gasteiger partial charge is 0.278 e. The Morgan fingerprint density at radius 2 is 1.67 bits per heavy atom. The predicted molar refractivity (Wildman–Crippen MR) is 83.1 cm³/mol. The standard InChI is InChI=1S/C11H22N3OPS2/c1-12(2)11(17)18-16(15)13(3)9-7-5-6-8-10(9)14(16)4/h9-10H,5-8H2,1-4H3/t9-,10-/m1/s1. The molecule has 0 N–H and O–H groups in total. The van der Waals surface area contributed by atoms with Crippen molar-refractivity contribution in [2.75, 3.05) is 28.2 Å². The van der Waals surface area contributed by atoms with Gasteiger partial charge in [-0.2, -0.15) is 0 Å². The zero-order valence-electron chi connectivity index (χ0n) is 11.5. The second-order valence-electron chi connectivity index (χ2n) is 5.31. The molecule has 0 unspecified atom stereocenters. The lowest BCUT2D eigenvalue weighted by Crippen LogP contribution is -2.37. The fraction of sp³-hybridized carbons (Fsp3) is 0.909. The van der Waals surface area contributed by atoms with Gasteiger partial charge < -0.3 is 4.90 Å². The van der Waals surface area contributed by atoms with Gasteiger partial charge in [-0.05, 0) is 26.9 Å². The highest BCUT2D eigenvalue weighted by atomic mass is 32.7. The van der Waals surface area contributed by atoms with Crippen molar-refractivity contribution in [2.24, 2.45) is 0 Å². The summed E-state index contributed by atoms with van der Waals surface area (Å²) in [7, 11) is 7.81. The minimum absolute atomic E-state index is 0.437. The van der Waals surface area contributed by atoms with Crippen LogP contribution in [0.3, 0.4) is 0 Å². The minimum Gasteiger partial charge on any atom is -0.363 e. The number of thiocarbonyl (C=S) groups is 1. The van der Waals surface area contributed by atoms with E-state index in [9.17, 15) is 4.57 Å². The maximum atomic E-state index is 13.3. The molecule has 0 aromatic rings. The molecule has 1 saturated carbocycles. The van der Waals surface area contributed by atoms with Gasteiger partial charge in [-0.25, -0.2) is 9.34 Å². The lowest BCUT2D eigenvalue weighted by atomic mass is 9.91. The maximum absolute atomic E-state index is 13.3. The minimum atomic E-state index is -2.57. The zero-order chi connectivity index (χ0) is 13.5. The fourth-order valence-corrected chi connectivity index (χ4v) is 8.70. The summed E-state index contributed by atoms with van der Waals surface area (Å²) >= 11 is 6.69. The van der Waals surface area contributed by atoms with Gasteiger partial charge in [-0.15, -0.1) is 0 Å². The van der Waals surface area contributed by atoms with E-state index in [1.165, 1.54) is 24.2 Å². The molecule has 0 aromatic heterocycles. The fourth-order valence-electron chi connectivity index (χ4n) is 2.87. The van der Waals surface area contributed by atoms with Crippen molar-refractivity contribution >= 4 is 34.6 Å². The highest BCUT2D eigenvalue weighted by Gasteiger charge is 2.52. The lowest BCUT2D eigenvalue weighted by molar-refractivity contribution is 0.233. The van der Waals surface area contributed by atoms with Gasteiger partial charge in [0.05, 0.1) is 0 Å². The highest BCUT2D eigenvalue weighted by molar-refractivity contribution is 8.66. The van der Waals surface area contributed by atoms with Crippen molar-refractivity contribution in [2.45, 2.75) is 37.8 Å². The number of hydrogen-bond acceptors (Lipinski definition) is 3. The van der Waals surface area contributed by atoms with Gasteiger partial charge in [-0.1, -0.05) is 25.1 Å². The van der Waals surface area contributed by atoms with E-state index in [0.29, 0.717) is 16.4 Å². The van der Waals surface area contributed by atoms with Gasteiger partial charge in [0.2, 0.25) is 0 Å². The molecule has 2 aliphatic rings. The summed E-state index contributed by atoms with van der Waals surface area (Å²) in [5, 5.41) is 0. The molecule has 4 nitrogen and oxygen atoms in total. The Balaban J connectivity index is 2.21. The van der Waals surface area contributed by atoms with Crippen LogP contribution in [0.5, 0.6) is 0 Å². The topological polar surface area (TPSA) is 26.8 Å². The van der Waals surface area contributed by atoms with Crippen LogP contribution in [0.1, 0.15) is 25.7 Å². The number of nitrogens with zero attached hydrogens (tertiary/aromatic N) is 3. The monoisotopic (exact) mass is 307 g/mol. The highest BCUT2D eigenvalue weighted by Crippen LogP contribution is 2.70. The second-order valence-corrected chi connectivity index (χ2v) is 10.7. The first-order valence-corrected chi connectivity index (χ1v) is 9.79. The first-order valence-electron chi connectivity index (χ1n) is 6.35. The molecule has 0 radical (unpaired) electrons. The lowest BCUT2D eigenvalue weighted by Gasteiger charge is -2.28. The molecular weight excluding hydrogens is 285 g/mol. The Morgan fingerprint density at radius 3 is 2.06 bits per heavy atom. The average Bonchev–Trinajstić information content (AvgIpc) is 2.53. The maximum Gasteiger partial charge on any atom is 0.278 e. The number of likely N-dealkylation sites (N-methyl/N-ethyl adjacent to an activating group) is 2. The SMILES string of the molecule is CN(C)C(=S)SP1(=O)N(C)[C@@H]2CCCC[C@H]2N1C. The third-order valence-electron chi connectivity index (χ3n) is 4.01. The van der Waals surface area contributed by atoms with Crippen molar-refractivity contribution in [3.63, 3.8) is 0 Å². The Bertz CT molecular complexity index is 368. The molecule has 1 aliphatic carbocycles. The molecule has 2 atom stereocenters. The Labute approximate surface area is 119 Å². The van der Waals surface area contributed by atoms with E-state index in [1.54, 1.807) is 0 Å². The molecule has 2 fully saturated rings. The molecule has 0 amide bonds. The average molecular weight is 307 g/mol. The first kappa shape index (κ1) is 14.8. The normalized spacial score (nSPS) is 32.2. The van der Waals surface area contributed by atoms with Crippen LogP contribution < -0.4 is 0 Å². The second kappa shape index (κ2) is 5.41. The molecule has 1 heterocycles.